The normalized spacial score (nSPS) is 21.8. The molecule has 0 aliphatic carbocycles. The van der Waals surface area contributed by atoms with Crippen LogP contribution in [0.3, 0.4) is 0 Å². The van der Waals surface area contributed by atoms with Gasteiger partial charge in [-0.2, -0.15) is 0 Å². The van der Waals surface area contributed by atoms with Gasteiger partial charge < -0.3 is 15.2 Å². The molecule has 2 N–H and O–H groups in total. The molecule has 0 bridgehead atoms. The molecule has 1 aliphatic heterocycles. The van der Waals surface area contributed by atoms with E-state index in [1.165, 1.54) is 0 Å². The smallest absolute Gasteiger partial charge is 0.347 e. The van der Waals surface area contributed by atoms with Crippen LogP contribution < -0.4 is 5.73 Å². The number of carbonyl (C=O) groups is 2. The Bertz CT molecular complexity index is 304. The van der Waals surface area contributed by atoms with Crippen molar-refractivity contribution in [3.05, 3.63) is 0 Å². The predicted molar refractivity (Wildman–Crippen MR) is 57.5 cm³/mol. The van der Waals surface area contributed by atoms with E-state index in [0.29, 0.717) is 13.0 Å². The molecule has 1 fully saturated rings. The topological polar surface area (TPSA) is 78.6 Å². The first-order chi connectivity index (χ1) is 7.16. The number of carbonyl (C=O) groups excluding carboxylic acids is 2. The maximum atomic E-state index is 11.9. The van der Waals surface area contributed by atoms with Gasteiger partial charge >= 0.3 is 11.9 Å². The number of ether oxygens (including phenoxy) is 2. The second-order valence-electron chi connectivity index (χ2n) is 5.20. The Morgan fingerprint density at radius 3 is 2.38 bits per heavy atom. The maximum Gasteiger partial charge on any atom is 0.347 e. The molecule has 1 saturated heterocycles. The Morgan fingerprint density at radius 2 is 2.00 bits per heavy atom. The Labute approximate surface area is 95.3 Å². The van der Waals surface area contributed by atoms with Gasteiger partial charge in [0.2, 0.25) is 6.10 Å². The van der Waals surface area contributed by atoms with Gasteiger partial charge in [-0.3, -0.25) is 4.79 Å². The summed E-state index contributed by atoms with van der Waals surface area (Å²) in [6, 6.07) is 0. The monoisotopic (exact) mass is 229 g/mol. The quantitative estimate of drug-likeness (QED) is 0.717. The van der Waals surface area contributed by atoms with Gasteiger partial charge in [0.15, 0.2) is 0 Å². The van der Waals surface area contributed by atoms with E-state index in [9.17, 15) is 9.59 Å². The van der Waals surface area contributed by atoms with E-state index >= 15 is 0 Å². The molecular weight excluding hydrogens is 210 g/mol. The Balaban J connectivity index is 2.68. The van der Waals surface area contributed by atoms with Gasteiger partial charge in [0.1, 0.15) is 0 Å². The zero-order valence-corrected chi connectivity index (χ0v) is 10.2. The fourth-order valence-electron chi connectivity index (χ4n) is 1.12. The van der Waals surface area contributed by atoms with E-state index < -0.39 is 29.0 Å². The highest BCUT2D eigenvalue weighted by atomic mass is 16.6. The van der Waals surface area contributed by atoms with Crippen LogP contribution in [-0.2, 0) is 19.1 Å². The highest BCUT2D eigenvalue weighted by Crippen LogP contribution is 2.30. The molecule has 1 aliphatic rings. The molecule has 92 valence electrons. The van der Waals surface area contributed by atoms with Crippen LogP contribution >= 0.6 is 0 Å². The first-order valence-corrected chi connectivity index (χ1v) is 5.33. The molecule has 0 spiro atoms. The average molecular weight is 229 g/mol. The molecule has 0 aromatic carbocycles. The number of esters is 2. The van der Waals surface area contributed by atoms with E-state index in [-0.39, 0.29) is 0 Å². The third-order valence-corrected chi connectivity index (χ3v) is 3.26. The van der Waals surface area contributed by atoms with E-state index in [4.69, 9.17) is 15.2 Å². The summed E-state index contributed by atoms with van der Waals surface area (Å²) in [7, 11) is 0. The summed E-state index contributed by atoms with van der Waals surface area (Å²) < 4.78 is 9.84. The first-order valence-electron chi connectivity index (χ1n) is 5.33. The number of cyclic esters (lactones) is 1. The lowest BCUT2D eigenvalue weighted by Gasteiger charge is -2.36. The van der Waals surface area contributed by atoms with Gasteiger partial charge in [-0.05, 0) is 27.7 Å². The SMILES string of the molecule is CC(C)(N)C(C)(C)C(=O)OC1CCOC1=O. The van der Waals surface area contributed by atoms with Crippen LogP contribution in [0.2, 0.25) is 0 Å². The van der Waals surface area contributed by atoms with E-state index in [0.717, 1.165) is 0 Å². The van der Waals surface area contributed by atoms with Gasteiger partial charge in [-0.15, -0.1) is 0 Å². The van der Waals surface area contributed by atoms with Gasteiger partial charge in [0.05, 0.1) is 12.0 Å². The molecule has 0 aromatic rings. The molecule has 1 atom stereocenters. The van der Waals surface area contributed by atoms with Crippen molar-refractivity contribution in [2.75, 3.05) is 6.61 Å². The molecular formula is C11H19NO4. The number of nitrogens with two attached hydrogens (primary N) is 1. The third-order valence-electron chi connectivity index (χ3n) is 3.26. The van der Waals surface area contributed by atoms with Crippen LogP contribution in [0.15, 0.2) is 0 Å². The molecule has 0 aromatic heterocycles. The number of hydrogen-bond donors (Lipinski definition) is 1. The summed E-state index contributed by atoms with van der Waals surface area (Å²) in [6.07, 6.45) is -0.347. The molecule has 5 heteroatoms. The van der Waals surface area contributed by atoms with Crippen molar-refractivity contribution in [3.8, 4) is 0 Å². The Kier molecular flexibility index (Phi) is 3.28. The minimum absolute atomic E-state index is 0.309. The van der Waals surface area contributed by atoms with Gasteiger partial charge in [-0.1, -0.05) is 0 Å². The van der Waals surface area contributed by atoms with Crippen LogP contribution in [0, 0.1) is 5.41 Å². The average Bonchev–Trinajstić information content (AvgIpc) is 2.49. The summed E-state index contributed by atoms with van der Waals surface area (Å²) in [5.74, 6) is -0.942. The lowest BCUT2D eigenvalue weighted by molar-refractivity contribution is -0.169. The van der Waals surface area contributed by atoms with E-state index in [1.807, 2.05) is 0 Å². The second-order valence-corrected chi connectivity index (χ2v) is 5.20. The summed E-state index contributed by atoms with van der Waals surface area (Å²) >= 11 is 0. The van der Waals surface area contributed by atoms with E-state index in [1.54, 1.807) is 27.7 Å². The lowest BCUT2D eigenvalue weighted by Crippen LogP contribution is -2.53. The van der Waals surface area contributed by atoms with Crippen molar-refractivity contribution in [3.63, 3.8) is 0 Å². The first kappa shape index (κ1) is 13.0. The number of rotatable bonds is 3. The molecule has 1 rings (SSSR count). The summed E-state index contributed by atoms with van der Waals surface area (Å²) in [5.41, 5.74) is 4.34. The lowest BCUT2D eigenvalue weighted by atomic mass is 9.75. The highest BCUT2D eigenvalue weighted by Gasteiger charge is 2.44. The summed E-state index contributed by atoms with van der Waals surface area (Å²) in [6.45, 7) is 7.22. The molecule has 0 radical (unpaired) electrons. The van der Waals surface area contributed by atoms with Gasteiger partial charge in [0.25, 0.3) is 0 Å². The maximum absolute atomic E-state index is 11.9. The standard InChI is InChI=1S/C11H19NO4/c1-10(2,11(3,4)12)9(14)16-7-5-6-15-8(7)13/h7H,5-6,12H2,1-4H3. The largest absolute Gasteiger partial charge is 0.463 e. The zero-order chi connectivity index (χ0) is 12.6. The van der Waals surface area contributed by atoms with Crippen molar-refractivity contribution in [2.24, 2.45) is 11.1 Å². The fraction of sp³-hybridized carbons (Fsp3) is 0.818. The molecule has 0 saturated carbocycles. The third kappa shape index (κ3) is 2.35. The highest BCUT2D eigenvalue weighted by molar-refractivity contribution is 5.83. The van der Waals surface area contributed by atoms with Crippen molar-refractivity contribution >= 4 is 11.9 Å². The van der Waals surface area contributed by atoms with Crippen molar-refractivity contribution in [1.82, 2.24) is 0 Å². The Hall–Kier alpha value is -1.10. The minimum Gasteiger partial charge on any atom is -0.463 e. The predicted octanol–water partition coefficient (Wildman–Crippen LogP) is 0.609. The Morgan fingerprint density at radius 1 is 1.44 bits per heavy atom. The zero-order valence-electron chi connectivity index (χ0n) is 10.2. The second kappa shape index (κ2) is 4.05. The van der Waals surface area contributed by atoms with Gasteiger partial charge in [0, 0.05) is 12.0 Å². The minimum atomic E-state index is -0.851. The summed E-state index contributed by atoms with van der Waals surface area (Å²) in [5, 5.41) is 0. The van der Waals surface area contributed by atoms with Crippen molar-refractivity contribution in [1.29, 1.82) is 0 Å². The van der Waals surface area contributed by atoms with Crippen molar-refractivity contribution in [2.45, 2.75) is 45.8 Å². The van der Waals surface area contributed by atoms with Crippen molar-refractivity contribution < 1.29 is 19.1 Å². The molecule has 16 heavy (non-hydrogen) atoms. The molecule has 0 amide bonds. The van der Waals surface area contributed by atoms with Crippen LogP contribution in [0.25, 0.3) is 0 Å². The van der Waals surface area contributed by atoms with Crippen LogP contribution in [0.1, 0.15) is 34.1 Å². The molecule has 1 unspecified atom stereocenters. The van der Waals surface area contributed by atoms with Crippen LogP contribution in [-0.4, -0.2) is 30.2 Å². The van der Waals surface area contributed by atoms with Gasteiger partial charge in [-0.25, -0.2) is 4.79 Å². The molecule has 1 heterocycles. The summed E-state index contributed by atoms with van der Waals surface area (Å²) in [4.78, 5) is 23.1. The fourth-order valence-corrected chi connectivity index (χ4v) is 1.12. The van der Waals surface area contributed by atoms with E-state index in [2.05, 4.69) is 0 Å². The van der Waals surface area contributed by atoms with Crippen LogP contribution in [0.4, 0.5) is 0 Å². The van der Waals surface area contributed by atoms with Crippen LogP contribution in [0.5, 0.6) is 0 Å². The molecule has 5 nitrogen and oxygen atoms in total. The number of hydrogen-bond acceptors (Lipinski definition) is 5.